The molecule has 28 heavy (non-hydrogen) atoms. The maximum atomic E-state index is 13.5. The number of nitrogens with one attached hydrogen (secondary N) is 2. The zero-order valence-electron chi connectivity index (χ0n) is 16.5. The van der Waals surface area contributed by atoms with E-state index in [0.717, 1.165) is 52.1 Å². The molecule has 0 saturated heterocycles. The number of hydrogen-bond donors (Lipinski definition) is 2. The highest BCUT2D eigenvalue weighted by atomic mass is 32.1. The van der Waals surface area contributed by atoms with E-state index in [1.807, 2.05) is 30.0 Å². The summed E-state index contributed by atoms with van der Waals surface area (Å²) in [6.45, 7) is 4.69. The van der Waals surface area contributed by atoms with Gasteiger partial charge in [0.05, 0.1) is 10.4 Å². The van der Waals surface area contributed by atoms with Crippen LogP contribution in [0, 0.1) is 17.8 Å². The molecule has 2 aromatic heterocycles. The van der Waals surface area contributed by atoms with E-state index in [1.54, 1.807) is 11.3 Å². The van der Waals surface area contributed by atoms with Crippen LogP contribution >= 0.6 is 11.3 Å². The number of nitrogens with zero attached hydrogens (tertiary/aromatic N) is 1. The summed E-state index contributed by atoms with van der Waals surface area (Å²) in [5.41, 5.74) is 4.61. The Hall–Kier alpha value is -2.14. The van der Waals surface area contributed by atoms with Gasteiger partial charge in [-0.05, 0) is 73.6 Å². The Labute approximate surface area is 169 Å². The maximum absolute atomic E-state index is 13.5. The third-order valence-electron chi connectivity index (χ3n) is 6.64. The van der Waals surface area contributed by atoms with Crippen LogP contribution in [0.5, 0.6) is 0 Å². The predicted molar refractivity (Wildman–Crippen MR) is 115 cm³/mol. The quantitative estimate of drug-likeness (QED) is 0.606. The Balaban J connectivity index is 1.51. The summed E-state index contributed by atoms with van der Waals surface area (Å²) in [6.07, 6.45) is 9.74. The number of benzene rings is 1. The molecule has 2 aliphatic rings. The Bertz CT molecular complexity index is 987. The monoisotopic (exact) mass is 393 g/mol. The topological polar surface area (TPSA) is 57.8 Å². The molecule has 2 fully saturated rings. The second kappa shape index (κ2) is 6.73. The molecule has 4 nitrogen and oxygen atoms in total. The van der Waals surface area contributed by atoms with Crippen LogP contribution in [0.15, 0.2) is 36.1 Å². The summed E-state index contributed by atoms with van der Waals surface area (Å²) in [4.78, 5) is 22.1. The molecule has 5 rings (SSSR count). The van der Waals surface area contributed by atoms with Crippen LogP contribution in [-0.4, -0.2) is 21.4 Å². The van der Waals surface area contributed by atoms with Crippen molar-refractivity contribution in [3.8, 4) is 10.4 Å². The molecule has 1 aromatic carbocycles. The Morgan fingerprint density at radius 3 is 2.71 bits per heavy atom. The van der Waals surface area contributed by atoms with Gasteiger partial charge in [0.25, 0.3) is 5.91 Å². The van der Waals surface area contributed by atoms with Gasteiger partial charge in [0.15, 0.2) is 0 Å². The van der Waals surface area contributed by atoms with E-state index in [1.165, 1.54) is 12.8 Å². The first-order valence-corrected chi connectivity index (χ1v) is 11.2. The highest BCUT2D eigenvalue weighted by molar-refractivity contribution is 7.13. The predicted octanol–water partition coefficient (Wildman–Crippen LogP) is 5.63. The fraction of sp³-hybridized carbons (Fsp3) is 0.478. The molecule has 0 aliphatic heterocycles. The molecule has 2 bridgehead atoms. The molecule has 146 valence electrons. The van der Waals surface area contributed by atoms with E-state index in [0.29, 0.717) is 11.8 Å². The number of carbonyl (C=O) groups excluding carboxylic acids is 1. The van der Waals surface area contributed by atoms with Gasteiger partial charge in [-0.1, -0.05) is 13.8 Å². The number of rotatable bonds is 3. The number of hydrogen-bond acceptors (Lipinski definition) is 3. The zero-order valence-corrected chi connectivity index (χ0v) is 17.3. The van der Waals surface area contributed by atoms with Gasteiger partial charge in [-0.15, -0.1) is 11.3 Å². The Kier molecular flexibility index (Phi) is 4.31. The average molecular weight is 394 g/mol. The zero-order chi connectivity index (χ0) is 19.3. The van der Waals surface area contributed by atoms with Crippen molar-refractivity contribution in [2.24, 2.45) is 17.8 Å². The first-order chi connectivity index (χ1) is 13.5. The van der Waals surface area contributed by atoms with Crippen molar-refractivity contribution < 1.29 is 4.79 Å². The largest absolute Gasteiger partial charge is 0.361 e. The Morgan fingerprint density at radius 2 is 2.00 bits per heavy atom. The van der Waals surface area contributed by atoms with Gasteiger partial charge < -0.3 is 10.3 Å². The van der Waals surface area contributed by atoms with Crippen molar-refractivity contribution in [3.63, 3.8) is 0 Å². The average Bonchev–Trinajstić information content (AvgIpc) is 3.30. The molecule has 3 aromatic rings. The summed E-state index contributed by atoms with van der Waals surface area (Å²) in [5.74, 6) is 2.19. The minimum atomic E-state index is -0.0415. The number of amides is 1. The van der Waals surface area contributed by atoms with E-state index in [-0.39, 0.29) is 11.4 Å². The van der Waals surface area contributed by atoms with Gasteiger partial charge in [-0.25, -0.2) is 0 Å². The number of aromatic amines is 1. The van der Waals surface area contributed by atoms with Gasteiger partial charge in [0, 0.05) is 34.4 Å². The van der Waals surface area contributed by atoms with E-state index >= 15 is 0 Å². The third-order valence-corrected chi connectivity index (χ3v) is 7.46. The molecule has 2 atom stereocenters. The van der Waals surface area contributed by atoms with Crippen LogP contribution in [-0.2, 0) is 0 Å². The lowest BCUT2D eigenvalue weighted by molar-refractivity contribution is 0.0478. The van der Waals surface area contributed by atoms with Gasteiger partial charge in [-0.3, -0.25) is 9.78 Å². The minimum absolute atomic E-state index is 0.0415. The summed E-state index contributed by atoms with van der Waals surface area (Å²) >= 11 is 1.60. The van der Waals surface area contributed by atoms with Crippen molar-refractivity contribution in [1.82, 2.24) is 15.3 Å². The molecule has 2 unspecified atom stereocenters. The lowest BCUT2D eigenvalue weighted by Crippen LogP contribution is -2.56. The minimum Gasteiger partial charge on any atom is -0.361 e. The normalized spacial score (nSPS) is 29.7. The first kappa shape index (κ1) is 17.9. The molecule has 0 spiro atoms. The second-order valence-corrected chi connectivity index (χ2v) is 10.1. The molecule has 5 heteroatoms. The highest BCUT2D eigenvalue weighted by Crippen LogP contribution is 2.47. The standard InChI is InChI=1S/C23H27N3OS/c1-14-5-16-6-15(2)10-23(9-14,11-16)26-22(27)19-7-17(21-12-24-13-28-21)8-20-18(19)3-4-25-20/h3-4,7-8,12-16,25H,5-6,9-11H2,1-2H3,(H,26,27). The molecule has 0 radical (unpaired) electrons. The summed E-state index contributed by atoms with van der Waals surface area (Å²) in [6, 6.07) is 6.15. The fourth-order valence-electron chi connectivity index (χ4n) is 6.02. The van der Waals surface area contributed by atoms with E-state index in [9.17, 15) is 4.79 Å². The molecule has 1 amide bonds. The van der Waals surface area contributed by atoms with Gasteiger partial charge in [-0.2, -0.15) is 0 Å². The fourth-order valence-corrected chi connectivity index (χ4v) is 6.63. The van der Waals surface area contributed by atoms with Gasteiger partial charge in [0.1, 0.15) is 0 Å². The summed E-state index contributed by atoms with van der Waals surface area (Å²) in [7, 11) is 0. The van der Waals surface area contributed by atoms with Crippen molar-refractivity contribution in [1.29, 1.82) is 0 Å². The molecule has 2 heterocycles. The first-order valence-electron chi connectivity index (χ1n) is 10.3. The number of thiazole rings is 1. The summed E-state index contributed by atoms with van der Waals surface area (Å²) < 4.78 is 0. The SMILES string of the molecule is CC1CC2CC(C)CC(NC(=O)c3cc(-c4cncs4)cc4[nH]ccc34)(C1)C2. The van der Waals surface area contributed by atoms with Crippen LogP contribution < -0.4 is 5.32 Å². The van der Waals surface area contributed by atoms with E-state index in [2.05, 4.69) is 35.2 Å². The Morgan fingerprint density at radius 1 is 1.21 bits per heavy atom. The third kappa shape index (κ3) is 3.16. The lowest BCUT2D eigenvalue weighted by atomic mass is 9.61. The maximum Gasteiger partial charge on any atom is 0.252 e. The smallest absolute Gasteiger partial charge is 0.252 e. The van der Waals surface area contributed by atoms with E-state index in [4.69, 9.17) is 0 Å². The number of aromatic nitrogens is 2. The van der Waals surface area contributed by atoms with Crippen LogP contribution in [0.1, 0.15) is 56.3 Å². The van der Waals surface area contributed by atoms with Crippen LogP contribution in [0.2, 0.25) is 0 Å². The van der Waals surface area contributed by atoms with Crippen LogP contribution in [0.4, 0.5) is 0 Å². The summed E-state index contributed by atoms with van der Waals surface area (Å²) in [5, 5.41) is 4.52. The molecule has 2 aliphatic carbocycles. The van der Waals surface area contributed by atoms with Crippen molar-refractivity contribution in [2.75, 3.05) is 0 Å². The second-order valence-electron chi connectivity index (χ2n) is 9.22. The van der Waals surface area contributed by atoms with E-state index < -0.39 is 0 Å². The highest BCUT2D eigenvalue weighted by Gasteiger charge is 2.45. The van der Waals surface area contributed by atoms with Crippen LogP contribution in [0.25, 0.3) is 21.3 Å². The van der Waals surface area contributed by atoms with Gasteiger partial charge in [0.2, 0.25) is 0 Å². The molecule has 2 N–H and O–H groups in total. The number of carbonyl (C=O) groups is 1. The van der Waals surface area contributed by atoms with Crippen molar-refractivity contribution in [2.45, 2.75) is 51.5 Å². The molecule has 2 saturated carbocycles. The molecular weight excluding hydrogens is 366 g/mol. The van der Waals surface area contributed by atoms with Crippen molar-refractivity contribution in [3.05, 3.63) is 41.7 Å². The lowest BCUT2D eigenvalue weighted by Gasteiger charge is -2.50. The number of fused-ring (bicyclic) bond motifs is 3. The number of H-pyrrole nitrogens is 1. The van der Waals surface area contributed by atoms with Gasteiger partial charge >= 0.3 is 0 Å². The van der Waals surface area contributed by atoms with Crippen LogP contribution in [0.3, 0.4) is 0 Å². The molecular formula is C23H27N3OS. The van der Waals surface area contributed by atoms with Crippen molar-refractivity contribution >= 4 is 28.1 Å².